The molecule has 22 heavy (non-hydrogen) atoms. The molecule has 0 spiro atoms. The molecular formula is C15H20F3N3O. The maximum Gasteiger partial charge on any atom is 0.389 e. The molecular weight excluding hydrogens is 295 g/mol. The highest BCUT2D eigenvalue weighted by Gasteiger charge is 2.29. The van der Waals surface area contributed by atoms with Gasteiger partial charge >= 0.3 is 6.18 Å². The maximum absolute atomic E-state index is 12.2. The van der Waals surface area contributed by atoms with Crippen LogP contribution in [0.4, 0.5) is 18.9 Å². The van der Waals surface area contributed by atoms with Crippen LogP contribution in [-0.4, -0.2) is 48.1 Å². The van der Waals surface area contributed by atoms with Gasteiger partial charge in [-0.3, -0.25) is 9.78 Å². The SMILES string of the molecule is Cc1cc(N2CCCN(C(=O)CCC(F)(F)F)CC2)ccn1. The van der Waals surface area contributed by atoms with Crippen molar-refractivity contribution in [1.82, 2.24) is 9.88 Å². The van der Waals surface area contributed by atoms with E-state index in [1.807, 2.05) is 19.1 Å². The van der Waals surface area contributed by atoms with Crippen molar-refractivity contribution in [1.29, 1.82) is 0 Å². The van der Waals surface area contributed by atoms with E-state index in [-0.39, 0.29) is 0 Å². The van der Waals surface area contributed by atoms with E-state index in [4.69, 9.17) is 0 Å². The van der Waals surface area contributed by atoms with Crippen molar-refractivity contribution < 1.29 is 18.0 Å². The lowest BCUT2D eigenvalue weighted by molar-refractivity contribution is -0.149. The molecule has 1 aromatic heterocycles. The normalized spacial score (nSPS) is 16.5. The molecule has 1 aliphatic rings. The van der Waals surface area contributed by atoms with Gasteiger partial charge in [0.1, 0.15) is 0 Å². The Bertz CT molecular complexity index is 519. The monoisotopic (exact) mass is 315 g/mol. The van der Waals surface area contributed by atoms with Gasteiger partial charge in [0.05, 0.1) is 6.42 Å². The number of alkyl halides is 3. The minimum absolute atomic E-state index is 0.412. The quantitative estimate of drug-likeness (QED) is 0.860. The first-order valence-corrected chi connectivity index (χ1v) is 7.37. The van der Waals surface area contributed by atoms with Crippen LogP contribution < -0.4 is 4.90 Å². The Balaban J connectivity index is 1.91. The number of nitrogens with zero attached hydrogens (tertiary/aromatic N) is 3. The molecule has 1 aliphatic heterocycles. The minimum Gasteiger partial charge on any atom is -0.370 e. The van der Waals surface area contributed by atoms with Crippen LogP contribution in [0.3, 0.4) is 0 Å². The van der Waals surface area contributed by atoms with E-state index >= 15 is 0 Å². The number of amides is 1. The zero-order valence-corrected chi connectivity index (χ0v) is 12.6. The molecule has 0 radical (unpaired) electrons. The molecule has 1 amide bonds. The number of carbonyl (C=O) groups is 1. The van der Waals surface area contributed by atoms with Gasteiger partial charge in [-0.2, -0.15) is 13.2 Å². The first-order chi connectivity index (χ1) is 10.3. The number of hydrogen-bond acceptors (Lipinski definition) is 3. The van der Waals surface area contributed by atoms with E-state index < -0.39 is 24.9 Å². The molecule has 1 fully saturated rings. The van der Waals surface area contributed by atoms with E-state index in [1.165, 1.54) is 0 Å². The summed E-state index contributed by atoms with van der Waals surface area (Å²) < 4.78 is 36.6. The minimum atomic E-state index is -4.28. The summed E-state index contributed by atoms with van der Waals surface area (Å²) in [6, 6.07) is 3.88. The van der Waals surface area contributed by atoms with E-state index in [1.54, 1.807) is 11.1 Å². The highest BCUT2D eigenvalue weighted by atomic mass is 19.4. The van der Waals surface area contributed by atoms with Gasteiger partial charge in [-0.1, -0.05) is 0 Å². The summed E-state index contributed by atoms with van der Waals surface area (Å²) in [6.07, 6.45) is -3.30. The van der Waals surface area contributed by atoms with Crippen LogP contribution in [0.15, 0.2) is 18.3 Å². The van der Waals surface area contributed by atoms with Gasteiger partial charge in [0.2, 0.25) is 5.91 Å². The second kappa shape index (κ2) is 6.98. The molecule has 0 aliphatic carbocycles. The number of carbonyl (C=O) groups excluding carboxylic acids is 1. The molecule has 1 saturated heterocycles. The van der Waals surface area contributed by atoms with Crippen LogP contribution in [0.25, 0.3) is 0 Å². The third-order valence-electron chi connectivity index (χ3n) is 3.72. The van der Waals surface area contributed by atoms with Crippen molar-refractivity contribution in [3.8, 4) is 0 Å². The van der Waals surface area contributed by atoms with Crippen molar-refractivity contribution in [2.75, 3.05) is 31.1 Å². The zero-order valence-electron chi connectivity index (χ0n) is 12.6. The number of pyridine rings is 1. The Labute approximate surface area is 127 Å². The van der Waals surface area contributed by atoms with Crippen LogP contribution >= 0.6 is 0 Å². The molecule has 4 nitrogen and oxygen atoms in total. The van der Waals surface area contributed by atoms with E-state index in [2.05, 4.69) is 9.88 Å². The molecule has 0 atom stereocenters. The molecule has 0 saturated carbocycles. The molecule has 2 rings (SSSR count). The Morgan fingerprint density at radius 1 is 1.27 bits per heavy atom. The number of aromatic nitrogens is 1. The maximum atomic E-state index is 12.2. The number of hydrogen-bond donors (Lipinski definition) is 0. The molecule has 122 valence electrons. The van der Waals surface area contributed by atoms with Crippen LogP contribution in [-0.2, 0) is 4.79 Å². The number of aryl methyl sites for hydroxylation is 1. The summed E-state index contributed by atoms with van der Waals surface area (Å²) in [6.45, 7) is 4.29. The zero-order chi connectivity index (χ0) is 16.2. The molecule has 1 aromatic rings. The fourth-order valence-corrected chi connectivity index (χ4v) is 2.56. The van der Waals surface area contributed by atoms with Crippen molar-refractivity contribution in [2.45, 2.75) is 32.4 Å². The lowest BCUT2D eigenvalue weighted by atomic mass is 10.2. The van der Waals surface area contributed by atoms with Crippen LogP contribution in [0.5, 0.6) is 0 Å². The van der Waals surface area contributed by atoms with Crippen LogP contribution in [0.2, 0.25) is 0 Å². The summed E-state index contributed by atoms with van der Waals surface area (Å²) in [5, 5.41) is 0. The first-order valence-electron chi connectivity index (χ1n) is 7.37. The lowest BCUT2D eigenvalue weighted by Crippen LogP contribution is -2.35. The second-order valence-corrected chi connectivity index (χ2v) is 5.49. The summed E-state index contributed by atoms with van der Waals surface area (Å²) >= 11 is 0. The van der Waals surface area contributed by atoms with Crippen molar-refractivity contribution in [3.63, 3.8) is 0 Å². The average Bonchev–Trinajstić information content (AvgIpc) is 2.70. The Kier molecular flexibility index (Phi) is 5.26. The average molecular weight is 315 g/mol. The smallest absolute Gasteiger partial charge is 0.370 e. The first kappa shape index (κ1) is 16.6. The van der Waals surface area contributed by atoms with Gasteiger partial charge in [0, 0.05) is 50.2 Å². The van der Waals surface area contributed by atoms with E-state index in [0.29, 0.717) is 19.6 Å². The Morgan fingerprint density at radius 3 is 2.73 bits per heavy atom. The molecule has 0 N–H and O–H groups in total. The third-order valence-corrected chi connectivity index (χ3v) is 3.72. The molecule has 0 unspecified atom stereocenters. The van der Waals surface area contributed by atoms with Gasteiger partial charge in [-0.05, 0) is 25.5 Å². The summed E-state index contributed by atoms with van der Waals surface area (Å²) in [5.74, 6) is -0.412. The van der Waals surface area contributed by atoms with Crippen LogP contribution in [0, 0.1) is 6.92 Å². The van der Waals surface area contributed by atoms with Crippen molar-refractivity contribution >= 4 is 11.6 Å². The molecule has 7 heteroatoms. The Morgan fingerprint density at radius 2 is 2.05 bits per heavy atom. The highest BCUT2D eigenvalue weighted by molar-refractivity contribution is 5.76. The van der Waals surface area contributed by atoms with E-state index in [0.717, 1.165) is 24.3 Å². The molecule has 2 heterocycles. The predicted molar refractivity (Wildman–Crippen MR) is 77.7 cm³/mol. The van der Waals surface area contributed by atoms with Gasteiger partial charge in [0.25, 0.3) is 0 Å². The Hall–Kier alpha value is -1.79. The number of halogens is 3. The fraction of sp³-hybridized carbons (Fsp3) is 0.600. The number of rotatable bonds is 3. The highest BCUT2D eigenvalue weighted by Crippen LogP contribution is 2.22. The van der Waals surface area contributed by atoms with Gasteiger partial charge in [0.15, 0.2) is 0 Å². The van der Waals surface area contributed by atoms with Crippen LogP contribution in [0.1, 0.15) is 25.0 Å². The van der Waals surface area contributed by atoms with Gasteiger partial charge in [-0.15, -0.1) is 0 Å². The lowest BCUT2D eigenvalue weighted by Gasteiger charge is -2.24. The second-order valence-electron chi connectivity index (χ2n) is 5.49. The van der Waals surface area contributed by atoms with Crippen molar-refractivity contribution in [2.24, 2.45) is 0 Å². The molecule has 0 aromatic carbocycles. The summed E-state index contributed by atoms with van der Waals surface area (Å²) in [5.41, 5.74) is 1.96. The fourth-order valence-electron chi connectivity index (χ4n) is 2.56. The largest absolute Gasteiger partial charge is 0.389 e. The molecule has 0 bridgehead atoms. The topological polar surface area (TPSA) is 36.4 Å². The standard InChI is InChI=1S/C15H20F3N3O/c1-12-11-13(4-6-19-12)20-7-2-8-21(10-9-20)14(22)3-5-15(16,17)18/h4,6,11H,2-3,5,7-10H2,1H3. The predicted octanol–water partition coefficient (Wildman–Crippen LogP) is 2.77. The van der Waals surface area contributed by atoms with Gasteiger partial charge in [-0.25, -0.2) is 0 Å². The van der Waals surface area contributed by atoms with Gasteiger partial charge < -0.3 is 9.80 Å². The van der Waals surface area contributed by atoms with Crippen molar-refractivity contribution in [3.05, 3.63) is 24.0 Å². The van der Waals surface area contributed by atoms with E-state index in [9.17, 15) is 18.0 Å². The number of anilines is 1. The summed E-state index contributed by atoms with van der Waals surface area (Å²) in [7, 11) is 0. The third kappa shape index (κ3) is 4.89. The summed E-state index contributed by atoms with van der Waals surface area (Å²) in [4.78, 5) is 19.7.